The molecule has 5 nitrogen and oxygen atoms in total. The molecule has 0 radical (unpaired) electrons. The van der Waals surface area contributed by atoms with E-state index < -0.39 is 17.5 Å². The van der Waals surface area contributed by atoms with E-state index in [9.17, 15) is 18.4 Å². The molecule has 160 valence electrons. The van der Waals surface area contributed by atoms with Crippen LogP contribution in [0.1, 0.15) is 32.7 Å². The third-order valence-electron chi connectivity index (χ3n) is 4.69. The van der Waals surface area contributed by atoms with E-state index in [-0.39, 0.29) is 18.0 Å². The molecule has 7 heteroatoms. The minimum atomic E-state index is -0.822. The molecule has 3 aromatic rings. The van der Waals surface area contributed by atoms with Crippen molar-refractivity contribution >= 4 is 17.5 Å². The van der Waals surface area contributed by atoms with Crippen molar-refractivity contribution in [2.45, 2.75) is 13.0 Å². The third-order valence-corrected chi connectivity index (χ3v) is 4.69. The van der Waals surface area contributed by atoms with Gasteiger partial charge in [-0.25, -0.2) is 8.78 Å². The molecule has 0 unspecified atom stereocenters. The van der Waals surface area contributed by atoms with Gasteiger partial charge >= 0.3 is 0 Å². The molecular weight excluding hydrogens is 400 g/mol. The summed E-state index contributed by atoms with van der Waals surface area (Å²) in [5.41, 5.74) is 7.26. The molecule has 0 heterocycles. The van der Waals surface area contributed by atoms with Crippen molar-refractivity contribution in [2.24, 2.45) is 5.73 Å². The predicted octanol–water partition coefficient (Wildman–Crippen LogP) is 4.21. The zero-order valence-corrected chi connectivity index (χ0v) is 16.9. The average molecular weight is 423 g/mol. The Balaban J connectivity index is 1.84. The molecule has 0 aromatic heterocycles. The Morgan fingerprint density at radius 2 is 1.52 bits per heavy atom. The van der Waals surface area contributed by atoms with Gasteiger partial charge < -0.3 is 16.0 Å². The Hall–Kier alpha value is -3.58. The predicted molar refractivity (Wildman–Crippen MR) is 116 cm³/mol. The van der Waals surface area contributed by atoms with Crippen LogP contribution in [0.25, 0.3) is 0 Å². The molecule has 0 aliphatic heterocycles. The summed E-state index contributed by atoms with van der Waals surface area (Å²) < 4.78 is 27.2. The van der Waals surface area contributed by atoms with Crippen LogP contribution in [0, 0.1) is 11.6 Å². The van der Waals surface area contributed by atoms with Gasteiger partial charge in [0.1, 0.15) is 11.6 Å². The average Bonchev–Trinajstić information content (AvgIpc) is 2.77. The second kappa shape index (κ2) is 10.4. The van der Waals surface area contributed by atoms with Crippen LogP contribution in [0.4, 0.5) is 14.5 Å². The summed E-state index contributed by atoms with van der Waals surface area (Å²) in [7, 11) is 0. The molecule has 0 fully saturated rings. The van der Waals surface area contributed by atoms with Crippen LogP contribution in [0.3, 0.4) is 0 Å². The quantitative estimate of drug-likeness (QED) is 0.570. The molecule has 0 atom stereocenters. The van der Waals surface area contributed by atoms with Gasteiger partial charge in [-0.15, -0.1) is 0 Å². The largest absolute Gasteiger partial charge is 0.334 e. The SMILES string of the molecule is NCCCN(Cc1ccccc1NC(=O)c1ccccc1)C(=O)c1cc(F)cc(F)c1. The summed E-state index contributed by atoms with van der Waals surface area (Å²) in [5.74, 6) is -2.44. The Bertz CT molecular complexity index is 1040. The van der Waals surface area contributed by atoms with Crippen LogP contribution in [0.15, 0.2) is 72.8 Å². The number of hydrogen-bond donors (Lipinski definition) is 2. The zero-order valence-electron chi connectivity index (χ0n) is 16.9. The molecular formula is C24H23F2N3O2. The van der Waals surface area contributed by atoms with Crippen molar-refractivity contribution in [2.75, 3.05) is 18.4 Å². The number of halogens is 2. The number of hydrogen-bond acceptors (Lipinski definition) is 3. The highest BCUT2D eigenvalue weighted by Crippen LogP contribution is 2.20. The van der Waals surface area contributed by atoms with Crippen molar-refractivity contribution in [3.8, 4) is 0 Å². The van der Waals surface area contributed by atoms with Crippen LogP contribution in [-0.2, 0) is 6.54 Å². The van der Waals surface area contributed by atoms with E-state index in [4.69, 9.17) is 5.73 Å². The lowest BCUT2D eigenvalue weighted by molar-refractivity contribution is 0.0741. The number of nitrogens with one attached hydrogen (secondary N) is 1. The monoisotopic (exact) mass is 423 g/mol. The van der Waals surface area contributed by atoms with Gasteiger partial charge in [-0.1, -0.05) is 36.4 Å². The Morgan fingerprint density at radius 3 is 2.19 bits per heavy atom. The van der Waals surface area contributed by atoms with Crippen LogP contribution in [0.2, 0.25) is 0 Å². The number of amides is 2. The third kappa shape index (κ3) is 5.96. The topological polar surface area (TPSA) is 75.4 Å². The van der Waals surface area contributed by atoms with Gasteiger partial charge in [0.05, 0.1) is 0 Å². The fraction of sp³-hybridized carbons (Fsp3) is 0.167. The molecule has 2 amide bonds. The summed E-state index contributed by atoms with van der Waals surface area (Å²) >= 11 is 0. The highest BCUT2D eigenvalue weighted by Gasteiger charge is 2.19. The molecule has 0 spiro atoms. The van der Waals surface area contributed by atoms with Crippen LogP contribution in [0.5, 0.6) is 0 Å². The maximum atomic E-state index is 13.6. The number of carbonyl (C=O) groups excluding carboxylic acids is 2. The molecule has 0 aliphatic rings. The van der Waals surface area contributed by atoms with E-state index in [0.29, 0.717) is 36.3 Å². The van der Waals surface area contributed by atoms with E-state index in [1.54, 1.807) is 48.5 Å². The van der Waals surface area contributed by atoms with Crippen molar-refractivity contribution in [1.29, 1.82) is 0 Å². The lowest BCUT2D eigenvalue weighted by Gasteiger charge is -2.24. The minimum Gasteiger partial charge on any atom is -0.334 e. The summed E-state index contributed by atoms with van der Waals surface area (Å²) in [4.78, 5) is 27.0. The van der Waals surface area contributed by atoms with E-state index in [1.165, 1.54) is 4.90 Å². The smallest absolute Gasteiger partial charge is 0.255 e. The number of nitrogens with zero attached hydrogens (tertiary/aromatic N) is 1. The highest BCUT2D eigenvalue weighted by atomic mass is 19.1. The molecule has 31 heavy (non-hydrogen) atoms. The fourth-order valence-corrected chi connectivity index (χ4v) is 3.16. The summed E-state index contributed by atoms with van der Waals surface area (Å²) in [6, 6.07) is 18.6. The van der Waals surface area contributed by atoms with Crippen molar-refractivity contribution < 1.29 is 18.4 Å². The lowest BCUT2D eigenvalue weighted by atomic mass is 10.1. The molecule has 0 bridgehead atoms. The first-order chi connectivity index (χ1) is 15.0. The standard InChI is InChI=1S/C24H23F2N3O2/c25-20-13-19(14-21(26)15-20)24(31)29(12-6-11-27)16-18-9-4-5-10-22(18)28-23(30)17-7-2-1-3-8-17/h1-5,7-10,13-15H,6,11-12,16,27H2,(H,28,30). The maximum Gasteiger partial charge on any atom is 0.255 e. The first-order valence-electron chi connectivity index (χ1n) is 9.87. The van der Waals surface area contributed by atoms with E-state index in [2.05, 4.69) is 5.32 Å². The molecule has 0 saturated carbocycles. The molecule has 3 aromatic carbocycles. The Labute approximate surface area is 179 Å². The number of anilines is 1. The highest BCUT2D eigenvalue weighted by molar-refractivity contribution is 6.04. The Morgan fingerprint density at radius 1 is 0.871 bits per heavy atom. The van der Waals surface area contributed by atoms with Crippen LogP contribution < -0.4 is 11.1 Å². The van der Waals surface area contributed by atoms with Gasteiger partial charge in [0.2, 0.25) is 0 Å². The number of rotatable bonds is 8. The van der Waals surface area contributed by atoms with Gasteiger partial charge in [-0.05, 0) is 48.9 Å². The number of carbonyl (C=O) groups is 2. The minimum absolute atomic E-state index is 0.0830. The normalized spacial score (nSPS) is 10.5. The fourth-order valence-electron chi connectivity index (χ4n) is 3.16. The van der Waals surface area contributed by atoms with Crippen molar-refractivity contribution in [3.63, 3.8) is 0 Å². The molecule has 3 N–H and O–H groups in total. The number of benzene rings is 3. The Kier molecular flexibility index (Phi) is 7.45. The van der Waals surface area contributed by atoms with Crippen LogP contribution >= 0.6 is 0 Å². The van der Waals surface area contributed by atoms with Crippen molar-refractivity contribution in [1.82, 2.24) is 4.90 Å². The van der Waals surface area contributed by atoms with E-state index in [1.807, 2.05) is 6.07 Å². The maximum absolute atomic E-state index is 13.6. The molecule has 0 aliphatic carbocycles. The van der Waals surface area contributed by atoms with E-state index in [0.717, 1.165) is 18.2 Å². The lowest BCUT2D eigenvalue weighted by Crippen LogP contribution is -2.33. The second-order valence-electron chi connectivity index (χ2n) is 7.00. The van der Waals surface area contributed by atoms with Crippen LogP contribution in [-0.4, -0.2) is 29.8 Å². The first-order valence-corrected chi connectivity index (χ1v) is 9.87. The summed E-state index contributed by atoms with van der Waals surface area (Å²) in [5, 5.41) is 2.86. The van der Waals surface area contributed by atoms with Gasteiger partial charge in [0, 0.05) is 36.0 Å². The summed E-state index contributed by atoms with van der Waals surface area (Å²) in [6.07, 6.45) is 0.516. The number of para-hydroxylation sites is 1. The van der Waals surface area contributed by atoms with Gasteiger partial charge in [0.15, 0.2) is 0 Å². The zero-order chi connectivity index (χ0) is 22.2. The molecule has 0 saturated heterocycles. The van der Waals surface area contributed by atoms with Gasteiger partial charge in [0.25, 0.3) is 11.8 Å². The van der Waals surface area contributed by atoms with Crippen molar-refractivity contribution in [3.05, 3.63) is 101 Å². The van der Waals surface area contributed by atoms with Gasteiger partial charge in [-0.3, -0.25) is 9.59 Å². The van der Waals surface area contributed by atoms with Gasteiger partial charge in [-0.2, -0.15) is 0 Å². The first kappa shape index (κ1) is 22.1. The van der Waals surface area contributed by atoms with E-state index >= 15 is 0 Å². The molecule has 3 rings (SSSR count). The number of nitrogens with two attached hydrogens (primary N) is 1. The second-order valence-corrected chi connectivity index (χ2v) is 7.00. The summed E-state index contributed by atoms with van der Waals surface area (Å²) in [6.45, 7) is 0.796.